The van der Waals surface area contributed by atoms with E-state index in [1.165, 1.54) is 12.0 Å². The number of likely N-dealkylation sites (tertiary alicyclic amines) is 1. The molecule has 6 nitrogen and oxygen atoms in total. The fraction of sp³-hybridized carbons (Fsp3) is 0.846. The van der Waals surface area contributed by atoms with E-state index in [9.17, 15) is 9.59 Å². The zero-order chi connectivity index (χ0) is 15.4. The Morgan fingerprint density at radius 1 is 1.35 bits per heavy atom. The lowest BCUT2D eigenvalue weighted by Crippen LogP contribution is -2.42. The van der Waals surface area contributed by atoms with Crippen molar-refractivity contribution in [2.45, 2.75) is 32.8 Å². The Morgan fingerprint density at radius 2 is 2.00 bits per heavy atom. The predicted molar refractivity (Wildman–Crippen MR) is 73.5 cm³/mol. The summed E-state index contributed by atoms with van der Waals surface area (Å²) >= 11 is 5.43. The molecule has 116 valence electrons. The number of nitrogens with zero attached hydrogens (tertiary/aromatic N) is 1. The van der Waals surface area contributed by atoms with Crippen LogP contribution < -0.4 is 0 Å². The van der Waals surface area contributed by atoms with Gasteiger partial charge < -0.3 is 19.1 Å². The maximum atomic E-state index is 12.0. The second-order valence-corrected chi connectivity index (χ2v) is 6.12. The van der Waals surface area contributed by atoms with Crippen LogP contribution in [-0.4, -0.2) is 55.4 Å². The second kappa shape index (κ2) is 6.63. The molecular weight excluding hydrogens is 286 g/mol. The average Bonchev–Trinajstić information content (AvgIpc) is 2.73. The average molecular weight is 308 g/mol. The molecule has 1 aliphatic heterocycles. The summed E-state index contributed by atoms with van der Waals surface area (Å²) in [5.74, 6) is -0.444. The van der Waals surface area contributed by atoms with Gasteiger partial charge in [-0.1, -0.05) is 11.6 Å². The molecule has 20 heavy (non-hydrogen) atoms. The van der Waals surface area contributed by atoms with Crippen LogP contribution in [0.4, 0.5) is 4.79 Å². The standard InChI is InChI=1S/C13H22ClNO5/c1-12(2,3)20-11(17)15-6-5-13(7-15,8-18-4)10(16)19-9-14/h5-9H2,1-4H3. The first-order valence-electron chi connectivity index (χ1n) is 6.44. The van der Waals surface area contributed by atoms with Gasteiger partial charge in [-0.15, -0.1) is 0 Å². The van der Waals surface area contributed by atoms with Crippen LogP contribution in [0.25, 0.3) is 0 Å². The molecule has 0 bridgehead atoms. The smallest absolute Gasteiger partial charge is 0.410 e. The summed E-state index contributed by atoms with van der Waals surface area (Å²) in [4.78, 5) is 25.6. The molecule has 0 N–H and O–H groups in total. The first-order chi connectivity index (χ1) is 9.24. The molecule has 0 aliphatic carbocycles. The van der Waals surface area contributed by atoms with Gasteiger partial charge in [-0.2, -0.15) is 0 Å². The van der Waals surface area contributed by atoms with Gasteiger partial charge in [0.25, 0.3) is 0 Å². The number of hydrogen-bond acceptors (Lipinski definition) is 5. The van der Waals surface area contributed by atoms with E-state index >= 15 is 0 Å². The minimum Gasteiger partial charge on any atom is -0.449 e. The summed E-state index contributed by atoms with van der Waals surface area (Å²) in [6, 6.07) is -0.212. The van der Waals surface area contributed by atoms with Crippen LogP contribution in [0, 0.1) is 5.41 Å². The Morgan fingerprint density at radius 3 is 2.50 bits per heavy atom. The van der Waals surface area contributed by atoms with Crippen molar-refractivity contribution >= 4 is 23.7 Å². The van der Waals surface area contributed by atoms with Crippen LogP contribution >= 0.6 is 11.6 Å². The van der Waals surface area contributed by atoms with Crippen LogP contribution in [0.15, 0.2) is 0 Å². The molecule has 7 heteroatoms. The monoisotopic (exact) mass is 307 g/mol. The first-order valence-corrected chi connectivity index (χ1v) is 6.97. The number of amides is 1. The summed E-state index contributed by atoms with van der Waals surface area (Å²) < 4.78 is 15.3. The van der Waals surface area contributed by atoms with Gasteiger partial charge in [0.15, 0.2) is 6.07 Å². The van der Waals surface area contributed by atoms with E-state index in [0.29, 0.717) is 13.0 Å². The summed E-state index contributed by atoms with van der Waals surface area (Å²) in [5.41, 5.74) is -1.43. The van der Waals surface area contributed by atoms with Crippen LogP contribution in [-0.2, 0) is 19.0 Å². The second-order valence-electron chi connectivity index (χ2n) is 5.91. The zero-order valence-electron chi connectivity index (χ0n) is 12.4. The number of carbonyl (C=O) groups is 2. The molecule has 1 unspecified atom stereocenters. The zero-order valence-corrected chi connectivity index (χ0v) is 13.2. The number of carbonyl (C=O) groups excluding carboxylic acids is 2. The molecule has 0 radical (unpaired) electrons. The van der Waals surface area contributed by atoms with E-state index in [1.54, 1.807) is 20.8 Å². The molecule has 1 aliphatic rings. The Hall–Kier alpha value is -1.01. The van der Waals surface area contributed by atoms with Gasteiger partial charge in [0.1, 0.15) is 11.0 Å². The van der Waals surface area contributed by atoms with Crippen LogP contribution in [0.2, 0.25) is 0 Å². The summed E-state index contributed by atoms with van der Waals surface area (Å²) in [7, 11) is 1.51. The van der Waals surface area contributed by atoms with Crippen molar-refractivity contribution in [3.63, 3.8) is 0 Å². The highest BCUT2D eigenvalue weighted by molar-refractivity contribution is 6.17. The topological polar surface area (TPSA) is 65.1 Å². The number of esters is 1. The number of hydrogen-bond donors (Lipinski definition) is 0. The van der Waals surface area contributed by atoms with Gasteiger partial charge >= 0.3 is 12.1 Å². The van der Waals surface area contributed by atoms with E-state index in [-0.39, 0.29) is 19.2 Å². The predicted octanol–water partition coefficient (Wildman–Crippen LogP) is 2.00. The number of halogens is 1. The summed E-state index contributed by atoms with van der Waals surface area (Å²) in [5, 5.41) is 0. The Bertz CT molecular complexity index is 368. The van der Waals surface area contributed by atoms with E-state index in [0.717, 1.165) is 0 Å². The number of rotatable bonds is 4. The van der Waals surface area contributed by atoms with Gasteiger partial charge in [0, 0.05) is 20.2 Å². The Labute approximate surface area is 124 Å². The number of ether oxygens (including phenoxy) is 3. The lowest BCUT2D eigenvalue weighted by atomic mass is 9.88. The van der Waals surface area contributed by atoms with Crippen molar-refractivity contribution in [3.05, 3.63) is 0 Å². The van der Waals surface area contributed by atoms with Gasteiger partial charge in [0.05, 0.1) is 6.61 Å². The summed E-state index contributed by atoms with van der Waals surface area (Å²) in [6.07, 6.45) is 0.0321. The molecule has 0 aromatic heterocycles. The normalized spacial score (nSPS) is 22.8. The Kier molecular flexibility index (Phi) is 5.65. The molecule has 0 aromatic carbocycles. The van der Waals surface area contributed by atoms with Gasteiger partial charge in [-0.25, -0.2) is 4.79 Å². The third-order valence-electron chi connectivity index (χ3n) is 3.04. The molecule has 1 heterocycles. The molecule has 1 fully saturated rings. The van der Waals surface area contributed by atoms with Crippen molar-refractivity contribution in [1.29, 1.82) is 0 Å². The van der Waals surface area contributed by atoms with Gasteiger partial charge in [-0.05, 0) is 27.2 Å². The highest BCUT2D eigenvalue weighted by Gasteiger charge is 2.48. The van der Waals surface area contributed by atoms with Crippen molar-refractivity contribution in [2.75, 3.05) is 32.9 Å². The van der Waals surface area contributed by atoms with Crippen molar-refractivity contribution in [3.8, 4) is 0 Å². The molecule has 0 aromatic rings. The van der Waals surface area contributed by atoms with Crippen LogP contribution in [0.1, 0.15) is 27.2 Å². The highest BCUT2D eigenvalue weighted by Crippen LogP contribution is 2.33. The van der Waals surface area contributed by atoms with Crippen molar-refractivity contribution < 1.29 is 23.8 Å². The van der Waals surface area contributed by atoms with E-state index < -0.39 is 23.1 Å². The molecule has 1 atom stereocenters. The SMILES string of the molecule is COCC1(C(=O)OCCl)CCN(C(=O)OC(C)(C)C)C1. The molecule has 1 saturated heterocycles. The molecule has 1 amide bonds. The molecular formula is C13H22ClNO5. The Balaban J connectivity index is 2.74. The lowest BCUT2D eigenvalue weighted by molar-refractivity contribution is -0.156. The molecule has 1 rings (SSSR count). The van der Waals surface area contributed by atoms with Gasteiger partial charge in [0.2, 0.25) is 0 Å². The fourth-order valence-corrected chi connectivity index (χ4v) is 2.28. The number of alkyl halides is 1. The van der Waals surface area contributed by atoms with E-state index in [2.05, 4.69) is 0 Å². The minimum atomic E-state index is -0.861. The number of methoxy groups -OCH3 is 1. The fourth-order valence-electron chi connectivity index (χ4n) is 2.18. The first kappa shape index (κ1) is 17.0. The molecule has 0 spiro atoms. The maximum absolute atomic E-state index is 12.0. The largest absolute Gasteiger partial charge is 0.449 e. The quantitative estimate of drug-likeness (QED) is 0.587. The van der Waals surface area contributed by atoms with E-state index in [4.69, 9.17) is 25.8 Å². The highest BCUT2D eigenvalue weighted by atomic mass is 35.5. The van der Waals surface area contributed by atoms with Crippen molar-refractivity contribution in [2.24, 2.45) is 5.41 Å². The lowest BCUT2D eigenvalue weighted by Gasteiger charge is -2.27. The molecule has 0 saturated carbocycles. The third-order valence-corrected chi connectivity index (χ3v) is 3.15. The van der Waals surface area contributed by atoms with Crippen molar-refractivity contribution in [1.82, 2.24) is 4.90 Å². The van der Waals surface area contributed by atoms with Gasteiger partial charge in [-0.3, -0.25) is 4.79 Å². The maximum Gasteiger partial charge on any atom is 0.410 e. The minimum absolute atomic E-state index is 0.183. The van der Waals surface area contributed by atoms with Crippen LogP contribution in [0.5, 0.6) is 0 Å². The third kappa shape index (κ3) is 4.24. The van der Waals surface area contributed by atoms with E-state index in [1.807, 2.05) is 0 Å². The van der Waals surface area contributed by atoms with Crippen LogP contribution in [0.3, 0.4) is 0 Å². The summed E-state index contributed by atoms with van der Waals surface area (Å²) in [6.45, 7) is 6.21.